The van der Waals surface area contributed by atoms with Crippen LogP contribution in [0.2, 0.25) is 0 Å². The number of pyridine rings is 1. The molecule has 1 amide bonds. The van der Waals surface area contributed by atoms with Gasteiger partial charge in [-0.05, 0) is 36.3 Å². The molecule has 0 atom stereocenters. The summed E-state index contributed by atoms with van der Waals surface area (Å²) in [6.45, 7) is 1.20. The minimum Gasteiger partial charge on any atom is -0.326 e. The molecule has 0 aliphatic carbocycles. The van der Waals surface area contributed by atoms with Gasteiger partial charge in [-0.25, -0.2) is 15.1 Å². The van der Waals surface area contributed by atoms with Crippen LogP contribution in [0.1, 0.15) is 17.1 Å². The van der Waals surface area contributed by atoms with Gasteiger partial charge in [-0.3, -0.25) is 15.0 Å². The van der Waals surface area contributed by atoms with E-state index in [0.717, 1.165) is 35.4 Å². The fourth-order valence-electron chi connectivity index (χ4n) is 3.09. The molecule has 0 unspecified atom stereocenters. The standard InChI is InChI=1S/C20H19N7O2/c28-20(24-29)8-7-16-13-26(25-23-16)14-19-22-17-5-1-2-6-18(17)27(19)11-9-15-4-3-10-21-12-15/h1-8,10,12-13,29H,9,11,14H2,(H,24,28). The second kappa shape index (κ2) is 8.44. The highest BCUT2D eigenvalue weighted by atomic mass is 16.5. The van der Waals surface area contributed by atoms with Crippen LogP contribution in [0.4, 0.5) is 0 Å². The van der Waals surface area contributed by atoms with E-state index in [1.165, 1.54) is 17.6 Å². The van der Waals surface area contributed by atoms with Gasteiger partial charge in [0.1, 0.15) is 18.1 Å². The zero-order valence-corrected chi connectivity index (χ0v) is 15.5. The molecule has 3 heterocycles. The lowest BCUT2D eigenvalue weighted by atomic mass is 10.2. The number of amides is 1. The molecule has 0 spiro atoms. The zero-order chi connectivity index (χ0) is 20.1. The Kier molecular flexibility index (Phi) is 5.39. The molecule has 1 aromatic carbocycles. The van der Waals surface area contributed by atoms with E-state index in [0.29, 0.717) is 12.2 Å². The van der Waals surface area contributed by atoms with Crippen LogP contribution in [0.25, 0.3) is 17.1 Å². The Morgan fingerprint density at radius 3 is 2.93 bits per heavy atom. The van der Waals surface area contributed by atoms with Crippen molar-refractivity contribution in [1.29, 1.82) is 0 Å². The highest BCUT2D eigenvalue weighted by molar-refractivity contribution is 5.90. The average molecular weight is 389 g/mol. The van der Waals surface area contributed by atoms with Gasteiger partial charge in [0.2, 0.25) is 0 Å². The Hall–Kier alpha value is -3.85. The summed E-state index contributed by atoms with van der Waals surface area (Å²) >= 11 is 0. The SMILES string of the molecule is O=C(C=Cc1cn(Cc2nc3ccccc3n2CCc2cccnc2)nn1)NO. The summed E-state index contributed by atoms with van der Waals surface area (Å²) < 4.78 is 3.84. The van der Waals surface area contributed by atoms with Crippen molar-refractivity contribution >= 4 is 23.0 Å². The first-order valence-corrected chi connectivity index (χ1v) is 9.08. The van der Waals surface area contributed by atoms with Crippen molar-refractivity contribution < 1.29 is 10.0 Å². The van der Waals surface area contributed by atoms with Crippen LogP contribution < -0.4 is 5.48 Å². The van der Waals surface area contributed by atoms with Crippen LogP contribution in [-0.2, 0) is 24.3 Å². The lowest BCUT2D eigenvalue weighted by Crippen LogP contribution is -2.14. The van der Waals surface area contributed by atoms with Crippen molar-refractivity contribution in [1.82, 2.24) is 35.0 Å². The summed E-state index contributed by atoms with van der Waals surface area (Å²) in [6, 6.07) is 12.0. The minimum atomic E-state index is -0.628. The number of aromatic nitrogens is 6. The van der Waals surface area contributed by atoms with Crippen LogP contribution >= 0.6 is 0 Å². The third kappa shape index (κ3) is 4.36. The Balaban J connectivity index is 1.58. The van der Waals surface area contributed by atoms with Crippen molar-refractivity contribution in [3.63, 3.8) is 0 Å². The van der Waals surface area contributed by atoms with E-state index in [1.807, 2.05) is 30.5 Å². The van der Waals surface area contributed by atoms with Crippen LogP contribution in [0.5, 0.6) is 0 Å². The van der Waals surface area contributed by atoms with Crippen molar-refractivity contribution in [2.45, 2.75) is 19.5 Å². The van der Waals surface area contributed by atoms with Crippen molar-refractivity contribution in [3.8, 4) is 0 Å². The van der Waals surface area contributed by atoms with Gasteiger partial charge >= 0.3 is 0 Å². The fraction of sp³-hybridized carbons (Fsp3) is 0.150. The molecule has 29 heavy (non-hydrogen) atoms. The maximum atomic E-state index is 11.1. The monoisotopic (exact) mass is 389 g/mol. The predicted molar refractivity (Wildman–Crippen MR) is 106 cm³/mol. The van der Waals surface area contributed by atoms with Crippen LogP contribution in [0, 0.1) is 0 Å². The molecular weight excluding hydrogens is 370 g/mol. The van der Waals surface area contributed by atoms with Crippen molar-refractivity contribution in [2.75, 3.05) is 0 Å². The Morgan fingerprint density at radius 2 is 2.10 bits per heavy atom. The first-order chi connectivity index (χ1) is 14.2. The number of para-hydroxylation sites is 2. The number of carbonyl (C=O) groups is 1. The largest absolute Gasteiger partial charge is 0.326 e. The summed E-state index contributed by atoms with van der Waals surface area (Å²) in [7, 11) is 0. The molecule has 0 bridgehead atoms. The maximum Gasteiger partial charge on any atom is 0.267 e. The third-order valence-electron chi connectivity index (χ3n) is 4.46. The van der Waals surface area contributed by atoms with E-state index < -0.39 is 5.91 Å². The predicted octanol–water partition coefficient (Wildman–Crippen LogP) is 1.83. The van der Waals surface area contributed by atoms with Gasteiger partial charge in [0.05, 0.1) is 17.2 Å². The van der Waals surface area contributed by atoms with Gasteiger partial charge in [0.15, 0.2) is 0 Å². The number of hydrogen-bond acceptors (Lipinski definition) is 6. The third-order valence-corrected chi connectivity index (χ3v) is 4.46. The number of hydroxylamine groups is 1. The molecule has 4 aromatic rings. The number of imidazole rings is 1. The molecule has 0 radical (unpaired) electrons. The molecule has 9 nitrogen and oxygen atoms in total. The Morgan fingerprint density at radius 1 is 1.21 bits per heavy atom. The van der Waals surface area contributed by atoms with E-state index in [4.69, 9.17) is 10.2 Å². The lowest BCUT2D eigenvalue weighted by Gasteiger charge is -2.09. The summed E-state index contributed by atoms with van der Waals surface area (Å²) in [5.41, 5.74) is 5.18. The topological polar surface area (TPSA) is 111 Å². The summed E-state index contributed by atoms with van der Waals surface area (Å²) in [6.07, 6.45) is 8.84. The molecule has 4 rings (SSSR count). The second-order valence-electron chi connectivity index (χ2n) is 6.43. The maximum absolute atomic E-state index is 11.1. The number of nitrogens with one attached hydrogen (secondary N) is 1. The smallest absolute Gasteiger partial charge is 0.267 e. The van der Waals surface area contributed by atoms with Gasteiger partial charge in [0.25, 0.3) is 5.91 Å². The quantitative estimate of drug-likeness (QED) is 0.283. The number of fused-ring (bicyclic) bond motifs is 1. The molecular formula is C20H19N7O2. The number of aryl methyl sites for hydroxylation is 2. The van der Waals surface area contributed by atoms with E-state index in [-0.39, 0.29) is 0 Å². The Labute approximate surface area is 166 Å². The highest BCUT2D eigenvalue weighted by Gasteiger charge is 2.12. The molecule has 0 saturated heterocycles. The van der Waals surface area contributed by atoms with Crippen LogP contribution in [0.15, 0.2) is 61.1 Å². The number of carbonyl (C=O) groups excluding carboxylic acids is 1. The second-order valence-corrected chi connectivity index (χ2v) is 6.43. The van der Waals surface area contributed by atoms with E-state index in [9.17, 15) is 4.79 Å². The Bertz CT molecular complexity index is 1150. The first kappa shape index (κ1) is 18.5. The van der Waals surface area contributed by atoms with E-state index >= 15 is 0 Å². The number of hydrogen-bond donors (Lipinski definition) is 2. The number of benzene rings is 1. The normalized spacial score (nSPS) is 11.3. The average Bonchev–Trinajstić information content (AvgIpc) is 3.35. The van der Waals surface area contributed by atoms with Crippen LogP contribution in [-0.4, -0.2) is 40.6 Å². The number of rotatable bonds is 7. The molecule has 2 N–H and O–H groups in total. The molecule has 0 aliphatic rings. The van der Waals surface area contributed by atoms with Gasteiger partial charge in [-0.2, -0.15) is 0 Å². The summed E-state index contributed by atoms with van der Waals surface area (Å²) in [5, 5.41) is 16.7. The molecule has 3 aromatic heterocycles. The van der Waals surface area contributed by atoms with Gasteiger partial charge in [-0.1, -0.05) is 23.4 Å². The molecule has 0 fully saturated rings. The zero-order valence-electron chi connectivity index (χ0n) is 15.5. The summed E-state index contributed by atoms with van der Waals surface area (Å²) in [5.74, 6) is 0.236. The highest BCUT2D eigenvalue weighted by Crippen LogP contribution is 2.18. The lowest BCUT2D eigenvalue weighted by molar-refractivity contribution is -0.124. The molecule has 0 aliphatic heterocycles. The van der Waals surface area contributed by atoms with Crippen molar-refractivity contribution in [3.05, 3.63) is 78.1 Å². The van der Waals surface area contributed by atoms with Crippen molar-refractivity contribution in [2.24, 2.45) is 0 Å². The van der Waals surface area contributed by atoms with E-state index in [1.54, 1.807) is 17.1 Å². The van der Waals surface area contributed by atoms with Gasteiger partial charge in [0, 0.05) is 25.0 Å². The first-order valence-electron chi connectivity index (χ1n) is 9.08. The van der Waals surface area contributed by atoms with Gasteiger partial charge < -0.3 is 4.57 Å². The fourth-order valence-corrected chi connectivity index (χ4v) is 3.09. The molecule has 0 saturated carbocycles. The molecule has 146 valence electrons. The minimum absolute atomic E-state index is 0.439. The number of nitrogens with zero attached hydrogens (tertiary/aromatic N) is 6. The van der Waals surface area contributed by atoms with E-state index in [2.05, 4.69) is 32.0 Å². The molecule has 9 heteroatoms. The summed E-state index contributed by atoms with van der Waals surface area (Å²) in [4.78, 5) is 20.0. The van der Waals surface area contributed by atoms with Gasteiger partial charge in [-0.15, -0.1) is 5.10 Å². The van der Waals surface area contributed by atoms with Crippen LogP contribution in [0.3, 0.4) is 0 Å².